The summed E-state index contributed by atoms with van der Waals surface area (Å²) in [6, 6.07) is 0. The average Bonchev–Trinajstić information content (AvgIpc) is 2.21. The van der Waals surface area contributed by atoms with Gasteiger partial charge in [0.15, 0.2) is 0 Å². The molecule has 2 heterocycles. The molecule has 0 aromatic heterocycles. The van der Waals surface area contributed by atoms with Crippen LogP contribution in [-0.2, 0) is 19.1 Å². The van der Waals surface area contributed by atoms with Crippen LogP contribution in [0.15, 0.2) is 0 Å². The molecule has 2 fully saturated rings. The van der Waals surface area contributed by atoms with Crippen LogP contribution in [0.4, 0.5) is 0 Å². The van der Waals surface area contributed by atoms with E-state index in [9.17, 15) is 9.59 Å². The fraction of sp³-hybridized carbons (Fsp3) is 0.750. The largest absolute Gasteiger partial charge is 0.461 e. The normalized spacial score (nSPS) is 37.9. The monoisotopic (exact) mass is 182 g/mol. The van der Waals surface area contributed by atoms with E-state index < -0.39 is 0 Å². The van der Waals surface area contributed by atoms with Crippen LogP contribution in [0.2, 0.25) is 12.1 Å². The van der Waals surface area contributed by atoms with Crippen LogP contribution in [0.1, 0.15) is 6.92 Å². The zero-order valence-electron chi connectivity index (χ0n) is 7.43. The maximum atomic E-state index is 11.2. The van der Waals surface area contributed by atoms with E-state index in [0.29, 0.717) is 6.47 Å². The second-order valence-electron chi connectivity index (χ2n) is 3.69. The van der Waals surface area contributed by atoms with Crippen molar-refractivity contribution >= 4 is 19.7 Å². The number of cyclic esters (lactones) is 1. The minimum absolute atomic E-state index is 0.0719. The molecule has 0 aromatic carbocycles. The fourth-order valence-corrected chi connectivity index (χ4v) is 2.13. The van der Waals surface area contributed by atoms with E-state index in [0.717, 1.165) is 13.6 Å². The molecule has 0 aromatic rings. The molecule has 4 nitrogen and oxygen atoms in total. The molecule has 0 radical (unpaired) electrons. The molecule has 0 bridgehead atoms. The summed E-state index contributed by atoms with van der Waals surface area (Å²) in [5, 5.41) is 0. The van der Waals surface area contributed by atoms with Crippen molar-refractivity contribution in [1.29, 1.82) is 0 Å². The van der Waals surface area contributed by atoms with Gasteiger partial charge in [0.05, 0.1) is 0 Å². The first-order valence-corrected chi connectivity index (χ1v) is 4.53. The quantitative estimate of drug-likeness (QED) is 0.343. The van der Waals surface area contributed by atoms with Gasteiger partial charge in [-0.2, -0.15) is 0 Å². The molecule has 0 amide bonds. The maximum absolute atomic E-state index is 11.2. The molecule has 0 N–H and O–H groups in total. The van der Waals surface area contributed by atoms with Crippen molar-refractivity contribution in [3.63, 3.8) is 0 Å². The predicted octanol–water partition coefficient (Wildman–Crippen LogP) is -0.254. The number of hydrogen-bond donors (Lipinski definition) is 0. The highest BCUT2D eigenvalue weighted by Gasteiger charge is 2.53. The molecule has 2 saturated heterocycles. The van der Waals surface area contributed by atoms with Crippen LogP contribution in [0, 0.1) is 5.92 Å². The Balaban J connectivity index is 2.00. The Hall–Kier alpha value is -0.995. The summed E-state index contributed by atoms with van der Waals surface area (Å²) < 4.78 is 9.91. The lowest BCUT2D eigenvalue weighted by atomic mass is 9.41. The van der Waals surface area contributed by atoms with E-state index in [1.807, 2.05) is 0 Å². The van der Waals surface area contributed by atoms with Gasteiger partial charge >= 0.3 is 5.97 Å². The van der Waals surface area contributed by atoms with Crippen LogP contribution in [0.3, 0.4) is 0 Å². The van der Waals surface area contributed by atoms with Crippen molar-refractivity contribution in [2.75, 3.05) is 0 Å². The molecule has 2 rings (SSSR count). The molecule has 0 saturated carbocycles. The number of carbonyl (C=O) groups is 2. The van der Waals surface area contributed by atoms with Gasteiger partial charge in [-0.15, -0.1) is 0 Å². The van der Waals surface area contributed by atoms with Gasteiger partial charge in [-0.1, -0.05) is 6.32 Å². The van der Waals surface area contributed by atoms with Crippen molar-refractivity contribution in [2.45, 2.75) is 31.3 Å². The van der Waals surface area contributed by atoms with Gasteiger partial charge in [-0.3, -0.25) is 9.59 Å². The number of rotatable bonds is 3. The molecule has 5 heteroatoms. The van der Waals surface area contributed by atoms with E-state index in [2.05, 4.69) is 0 Å². The zero-order valence-corrected chi connectivity index (χ0v) is 7.43. The first kappa shape index (κ1) is 8.60. The topological polar surface area (TPSA) is 52.6 Å². The average molecular weight is 182 g/mol. The van der Waals surface area contributed by atoms with Gasteiger partial charge in [0.25, 0.3) is 6.47 Å². The predicted molar refractivity (Wildman–Crippen MR) is 45.7 cm³/mol. The molecule has 0 spiro atoms. The number of carbonyl (C=O) groups excluding carboxylic acids is 2. The lowest BCUT2D eigenvalue weighted by Crippen LogP contribution is -2.37. The van der Waals surface area contributed by atoms with Gasteiger partial charge in [0.1, 0.15) is 19.5 Å². The summed E-state index contributed by atoms with van der Waals surface area (Å²) in [5.41, 5.74) is 0. The van der Waals surface area contributed by atoms with Gasteiger partial charge < -0.3 is 9.47 Å². The third-order valence-corrected chi connectivity index (χ3v) is 3.04. The van der Waals surface area contributed by atoms with Gasteiger partial charge in [0.2, 0.25) is 0 Å². The number of hydrogen-bond acceptors (Lipinski definition) is 4. The summed E-state index contributed by atoms with van der Waals surface area (Å²) >= 11 is 0. The van der Waals surface area contributed by atoms with Crippen molar-refractivity contribution < 1.29 is 19.1 Å². The summed E-state index contributed by atoms with van der Waals surface area (Å²) in [6.07, 6.45) is 0.404. The van der Waals surface area contributed by atoms with Crippen LogP contribution < -0.4 is 0 Å². The fourth-order valence-electron chi connectivity index (χ4n) is 2.13. The van der Waals surface area contributed by atoms with Crippen molar-refractivity contribution in [3.05, 3.63) is 0 Å². The standard InChI is InChI=1S/C8H11BO4/c1-4(12-3-10)7-6-5(2-9-6)8(11)13-7/h3-7,9H,2H2,1H3. The zero-order chi connectivity index (χ0) is 9.42. The highest BCUT2D eigenvalue weighted by Crippen LogP contribution is 2.45. The van der Waals surface area contributed by atoms with Crippen LogP contribution >= 0.6 is 0 Å². The van der Waals surface area contributed by atoms with E-state index in [-0.39, 0.29) is 29.9 Å². The van der Waals surface area contributed by atoms with Crippen LogP contribution in [-0.4, -0.2) is 31.9 Å². The smallest absolute Gasteiger partial charge is 0.308 e. The molecule has 2 aliphatic heterocycles. The Morgan fingerprint density at radius 1 is 1.77 bits per heavy atom. The van der Waals surface area contributed by atoms with Crippen molar-refractivity contribution in [2.24, 2.45) is 5.92 Å². The van der Waals surface area contributed by atoms with E-state index in [1.54, 1.807) is 6.92 Å². The molecule has 4 atom stereocenters. The summed E-state index contributed by atoms with van der Waals surface area (Å²) in [4.78, 5) is 21.3. The van der Waals surface area contributed by atoms with Crippen molar-refractivity contribution in [3.8, 4) is 0 Å². The highest BCUT2D eigenvalue weighted by molar-refractivity contribution is 6.44. The molecule has 70 valence electrons. The van der Waals surface area contributed by atoms with Crippen molar-refractivity contribution in [1.82, 2.24) is 0 Å². The van der Waals surface area contributed by atoms with E-state index in [4.69, 9.17) is 9.47 Å². The second kappa shape index (κ2) is 3.05. The Morgan fingerprint density at radius 3 is 3.00 bits per heavy atom. The Morgan fingerprint density at radius 2 is 2.54 bits per heavy atom. The molecule has 0 aliphatic carbocycles. The number of esters is 1. The maximum Gasteiger partial charge on any atom is 0.308 e. The first-order valence-electron chi connectivity index (χ1n) is 4.53. The second-order valence-corrected chi connectivity index (χ2v) is 3.69. The Labute approximate surface area is 76.8 Å². The van der Waals surface area contributed by atoms with Gasteiger partial charge in [-0.05, 0) is 12.7 Å². The van der Waals surface area contributed by atoms with E-state index >= 15 is 0 Å². The van der Waals surface area contributed by atoms with Crippen LogP contribution in [0.5, 0.6) is 0 Å². The molecule has 2 aliphatic rings. The molecular formula is C8H11BO4. The molecular weight excluding hydrogens is 171 g/mol. The number of fused-ring (bicyclic) bond motifs is 1. The number of ether oxygens (including phenoxy) is 2. The third-order valence-electron chi connectivity index (χ3n) is 3.04. The molecule has 13 heavy (non-hydrogen) atoms. The molecule has 4 unspecified atom stereocenters. The lowest BCUT2D eigenvalue weighted by molar-refractivity contribution is -0.152. The van der Waals surface area contributed by atoms with Gasteiger partial charge in [0, 0.05) is 5.92 Å². The summed E-state index contributed by atoms with van der Waals surface area (Å²) in [5.74, 6) is 0.229. The summed E-state index contributed by atoms with van der Waals surface area (Å²) in [7, 11) is 1.01. The Kier molecular flexibility index (Phi) is 2.02. The van der Waals surface area contributed by atoms with Crippen LogP contribution in [0.25, 0.3) is 0 Å². The SMILES string of the molecule is CC(OC=O)C1OC(=O)C2CBC21. The first-order chi connectivity index (χ1) is 6.24. The minimum atomic E-state index is -0.309. The van der Waals surface area contributed by atoms with Gasteiger partial charge in [-0.25, -0.2) is 0 Å². The summed E-state index contributed by atoms with van der Waals surface area (Å²) in [6.45, 7) is 2.16. The van der Waals surface area contributed by atoms with E-state index in [1.165, 1.54) is 0 Å². The lowest BCUT2D eigenvalue weighted by Gasteiger charge is -2.29. The third kappa shape index (κ3) is 1.22. The minimum Gasteiger partial charge on any atom is -0.461 e. The Bertz CT molecular complexity index is 242. The highest BCUT2D eigenvalue weighted by atomic mass is 16.6.